The van der Waals surface area contributed by atoms with Crippen LogP contribution >= 0.6 is 0 Å². The summed E-state index contributed by atoms with van der Waals surface area (Å²) in [5.41, 5.74) is 1.12. The van der Waals surface area contributed by atoms with Crippen LogP contribution in [0.1, 0.15) is 12.6 Å². The van der Waals surface area contributed by atoms with E-state index in [2.05, 4.69) is 41.5 Å². The number of hydrogen-bond donors (Lipinski definition) is 6. The highest BCUT2D eigenvalue weighted by molar-refractivity contribution is 5.97. The van der Waals surface area contributed by atoms with E-state index in [1.165, 1.54) is 6.07 Å². The van der Waals surface area contributed by atoms with Gasteiger partial charge in [0.05, 0.1) is 6.54 Å². The van der Waals surface area contributed by atoms with Gasteiger partial charge in [-0.15, -0.1) is 0 Å². The first-order valence-corrected chi connectivity index (χ1v) is 9.16. The van der Waals surface area contributed by atoms with E-state index in [9.17, 15) is 14.4 Å². The fourth-order valence-electron chi connectivity index (χ4n) is 2.40. The Labute approximate surface area is 168 Å². The van der Waals surface area contributed by atoms with Crippen LogP contribution in [-0.2, 0) is 0 Å². The number of anilines is 1. The van der Waals surface area contributed by atoms with Crippen molar-refractivity contribution in [1.29, 1.82) is 0 Å². The molecule has 0 spiro atoms. The average Bonchev–Trinajstić information content (AvgIpc) is 2.60. The number of H-pyrrole nitrogens is 1. The number of urea groups is 2. The van der Waals surface area contributed by atoms with Gasteiger partial charge in [0.15, 0.2) is 0 Å². The summed E-state index contributed by atoms with van der Waals surface area (Å²) in [6, 6.07) is 0.537. The lowest BCUT2D eigenvalue weighted by Crippen LogP contribution is -2.48. The summed E-state index contributed by atoms with van der Waals surface area (Å²) in [7, 11) is 1.87. The maximum Gasteiger partial charge on any atom is 0.321 e. The topological polar surface area (TPSA) is 156 Å². The van der Waals surface area contributed by atoms with Gasteiger partial charge in [-0.1, -0.05) is 0 Å². The molecule has 0 saturated carbocycles. The van der Waals surface area contributed by atoms with Crippen LogP contribution in [0.3, 0.4) is 0 Å². The number of aromatic nitrogens is 2. The number of carbonyl (C=O) groups is 2. The molecule has 0 fully saturated rings. The minimum absolute atomic E-state index is 0.0961. The molecular formula is C17H27N9O3. The number of hydrogen-bond acceptors (Lipinski definition) is 7. The van der Waals surface area contributed by atoms with Crippen LogP contribution in [0.15, 0.2) is 27.6 Å². The van der Waals surface area contributed by atoms with Crippen molar-refractivity contribution in [2.24, 2.45) is 4.99 Å². The number of carbonyl (C=O) groups excluding carboxylic acids is 2. The molecule has 0 atom stereocenters. The van der Waals surface area contributed by atoms with E-state index in [0.29, 0.717) is 44.4 Å². The first-order chi connectivity index (χ1) is 13.8. The molecule has 1 aromatic heterocycles. The summed E-state index contributed by atoms with van der Waals surface area (Å²) in [4.78, 5) is 47.6. The zero-order valence-electron chi connectivity index (χ0n) is 16.8. The van der Waals surface area contributed by atoms with Crippen LogP contribution in [0.2, 0.25) is 0 Å². The molecule has 29 heavy (non-hydrogen) atoms. The second-order valence-corrected chi connectivity index (χ2v) is 6.52. The van der Waals surface area contributed by atoms with Crippen molar-refractivity contribution < 1.29 is 9.59 Å². The van der Waals surface area contributed by atoms with Gasteiger partial charge in [-0.3, -0.25) is 15.4 Å². The lowest BCUT2D eigenvalue weighted by molar-refractivity contribution is 0.242. The molecule has 0 aliphatic carbocycles. The molecule has 1 aromatic rings. The van der Waals surface area contributed by atoms with Crippen molar-refractivity contribution in [3.8, 4) is 0 Å². The predicted molar refractivity (Wildman–Crippen MR) is 110 cm³/mol. The fraction of sp³-hybridized carbons (Fsp3) is 0.471. The monoisotopic (exact) mass is 405 g/mol. The highest BCUT2D eigenvalue weighted by atomic mass is 16.2. The molecule has 0 aromatic carbocycles. The molecule has 0 unspecified atom stereocenters. The smallest absolute Gasteiger partial charge is 0.321 e. The highest BCUT2D eigenvalue weighted by Crippen LogP contribution is 1.95. The molecule has 0 saturated heterocycles. The SMILES string of the molecule is CC1=CCN=C(NC(=O)NCCN(C)CCNC(=O)Nc2nc(=O)cc(C)[nH]2)N1. The van der Waals surface area contributed by atoms with Crippen LogP contribution in [0.5, 0.6) is 0 Å². The number of amides is 4. The Morgan fingerprint density at radius 3 is 2.41 bits per heavy atom. The first-order valence-electron chi connectivity index (χ1n) is 9.16. The fourth-order valence-corrected chi connectivity index (χ4v) is 2.40. The van der Waals surface area contributed by atoms with Crippen molar-refractivity contribution in [1.82, 2.24) is 36.1 Å². The Morgan fingerprint density at radius 1 is 1.14 bits per heavy atom. The van der Waals surface area contributed by atoms with E-state index in [4.69, 9.17) is 0 Å². The van der Waals surface area contributed by atoms with Crippen LogP contribution in [0.25, 0.3) is 0 Å². The van der Waals surface area contributed by atoms with E-state index in [-0.39, 0.29) is 12.0 Å². The Balaban J connectivity index is 1.57. The number of aromatic amines is 1. The van der Waals surface area contributed by atoms with Crippen LogP contribution in [-0.4, -0.2) is 72.7 Å². The number of rotatable bonds is 7. The minimum atomic E-state index is -0.463. The number of aliphatic imine (C=N–C) groups is 1. The van der Waals surface area contributed by atoms with Gasteiger partial charge in [0.2, 0.25) is 11.9 Å². The highest BCUT2D eigenvalue weighted by Gasteiger charge is 2.09. The summed E-state index contributed by atoms with van der Waals surface area (Å²) in [6.45, 7) is 6.13. The lowest BCUT2D eigenvalue weighted by atomic mass is 10.4. The number of nitrogens with one attached hydrogen (secondary N) is 6. The van der Waals surface area contributed by atoms with Gasteiger partial charge in [0.1, 0.15) is 0 Å². The van der Waals surface area contributed by atoms with Crippen LogP contribution < -0.4 is 32.1 Å². The Bertz CT molecular complexity index is 847. The maximum absolute atomic E-state index is 11.8. The molecule has 1 aliphatic heterocycles. The van der Waals surface area contributed by atoms with Gasteiger partial charge in [0.25, 0.3) is 5.56 Å². The minimum Gasteiger partial charge on any atom is -0.337 e. The molecular weight excluding hydrogens is 378 g/mol. The van der Waals surface area contributed by atoms with Crippen molar-refractivity contribution in [3.05, 3.63) is 33.9 Å². The summed E-state index contributed by atoms with van der Waals surface area (Å²) >= 11 is 0. The second kappa shape index (κ2) is 10.8. The Morgan fingerprint density at radius 2 is 1.79 bits per heavy atom. The quantitative estimate of drug-likeness (QED) is 0.352. The van der Waals surface area contributed by atoms with Gasteiger partial charge in [0, 0.05) is 43.6 Å². The number of allylic oxidation sites excluding steroid dienone is 1. The lowest BCUT2D eigenvalue weighted by Gasteiger charge is -2.18. The largest absolute Gasteiger partial charge is 0.337 e. The van der Waals surface area contributed by atoms with E-state index in [1.54, 1.807) is 6.92 Å². The third-order valence-electron chi connectivity index (χ3n) is 3.86. The van der Waals surface area contributed by atoms with Gasteiger partial charge in [-0.05, 0) is 27.0 Å². The van der Waals surface area contributed by atoms with Crippen LogP contribution in [0.4, 0.5) is 15.5 Å². The molecule has 12 heteroatoms. The summed E-state index contributed by atoms with van der Waals surface area (Å²) in [5.74, 6) is 0.523. The van der Waals surface area contributed by atoms with E-state index < -0.39 is 11.6 Å². The van der Waals surface area contributed by atoms with Crippen molar-refractivity contribution >= 4 is 24.0 Å². The molecule has 0 radical (unpaired) electrons. The second-order valence-electron chi connectivity index (χ2n) is 6.52. The Kier molecular flexibility index (Phi) is 8.15. The summed E-state index contributed by atoms with van der Waals surface area (Å²) < 4.78 is 0. The van der Waals surface area contributed by atoms with Crippen molar-refractivity contribution in [3.63, 3.8) is 0 Å². The number of guanidine groups is 1. The molecule has 2 heterocycles. The number of aryl methyl sites for hydroxylation is 1. The molecule has 0 bridgehead atoms. The molecule has 12 nitrogen and oxygen atoms in total. The normalized spacial score (nSPS) is 13.1. The zero-order chi connectivity index (χ0) is 21.2. The van der Waals surface area contributed by atoms with Gasteiger partial charge in [-0.25, -0.2) is 14.6 Å². The molecule has 158 valence electrons. The summed E-state index contributed by atoms with van der Waals surface area (Å²) in [6.07, 6.45) is 1.92. The predicted octanol–water partition coefficient (Wildman–Crippen LogP) is -0.706. The first kappa shape index (κ1) is 21.9. The number of nitrogens with zero attached hydrogens (tertiary/aromatic N) is 3. The molecule has 1 aliphatic rings. The standard InChI is InChI=1S/C17H27N9O3/c1-11-4-5-18-14(21-11)24-16(28)19-6-8-26(3)9-7-20-17(29)25-15-22-12(2)10-13(27)23-15/h4,10H,5-9H2,1-3H3,(H3,18,19,21,24,28)(H3,20,22,23,25,27,29). The molecule has 6 N–H and O–H groups in total. The maximum atomic E-state index is 11.8. The zero-order valence-corrected chi connectivity index (χ0v) is 16.8. The van der Waals surface area contributed by atoms with Gasteiger partial charge >= 0.3 is 12.1 Å². The third-order valence-corrected chi connectivity index (χ3v) is 3.86. The summed E-state index contributed by atoms with van der Waals surface area (Å²) in [5, 5.41) is 13.5. The van der Waals surface area contributed by atoms with Gasteiger partial charge < -0.3 is 25.8 Å². The average molecular weight is 405 g/mol. The van der Waals surface area contributed by atoms with Crippen LogP contribution in [0, 0.1) is 6.92 Å². The van der Waals surface area contributed by atoms with E-state index >= 15 is 0 Å². The molecule has 4 amide bonds. The third kappa shape index (κ3) is 8.43. The van der Waals surface area contributed by atoms with Gasteiger partial charge in [-0.2, -0.15) is 4.98 Å². The molecule has 2 rings (SSSR count). The van der Waals surface area contributed by atoms with Crippen molar-refractivity contribution in [2.75, 3.05) is 45.1 Å². The van der Waals surface area contributed by atoms with E-state index in [1.807, 2.05) is 24.9 Å². The number of likely N-dealkylation sites (N-methyl/N-ethyl adjacent to an activating group) is 1. The van der Waals surface area contributed by atoms with E-state index in [0.717, 1.165) is 5.70 Å². The Hall–Kier alpha value is -3.41. The van der Waals surface area contributed by atoms with Crippen molar-refractivity contribution in [2.45, 2.75) is 13.8 Å².